The van der Waals surface area contributed by atoms with Gasteiger partial charge >= 0.3 is 0 Å². The van der Waals surface area contributed by atoms with Crippen LogP contribution in [0.25, 0.3) is 22.3 Å². The van der Waals surface area contributed by atoms with Gasteiger partial charge in [-0.1, -0.05) is 44.2 Å². The smallest absolute Gasteiger partial charge is 0.235 e. The minimum absolute atomic E-state index is 0.0341. The molecule has 0 unspecified atom stereocenters. The summed E-state index contributed by atoms with van der Waals surface area (Å²) in [6.07, 6.45) is 0. The van der Waals surface area contributed by atoms with Crippen molar-refractivity contribution in [2.24, 2.45) is 5.92 Å². The summed E-state index contributed by atoms with van der Waals surface area (Å²) in [6.45, 7) is 5.29. The second kappa shape index (κ2) is 6.67. The van der Waals surface area contributed by atoms with Crippen LogP contribution in [-0.2, 0) is 0 Å². The lowest BCUT2D eigenvalue weighted by Crippen LogP contribution is -2.13. The van der Waals surface area contributed by atoms with Crippen LogP contribution in [0, 0.1) is 12.8 Å². The number of fused-ring (bicyclic) bond motifs is 1. The van der Waals surface area contributed by atoms with Gasteiger partial charge in [-0.2, -0.15) is 0 Å². The van der Waals surface area contributed by atoms with Gasteiger partial charge in [-0.05, 0) is 18.6 Å². The van der Waals surface area contributed by atoms with Crippen LogP contribution in [-0.4, -0.2) is 18.0 Å². The zero-order valence-corrected chi connectivity index (χ0v) is 15.1. The molecule has 1 N–H and O–H groups in total. The van der Waals surface area contributed by atoms with Crippen LogP contribution < -0.4 is 10.2 Å². The van der Waals surface area contributed by atoms with E-state index in [1.807, 2.05) is 6.07 Å². The van der Waals surface area contributed by atoms with E-state index in [9.17, 15) is 14.7 Å². The number of Topliss-reactive ketones (excluding diaryl/α,β-unsaturated/α-hetero) is 1. The minimum atomic E-state index is -0.575. The van der Waals surface area contributed by atoms with E-state index in [1.165, 1.54) is 7.11 Å². The van der Waals surface area contributed by atoms with Gasteiger partial charge in [-0.25, -0.2) is 0 Å². The van der Waals surface area contributed by atoms with Gasteiger partial charge in [0.05, 0.1) is 12.5 Å². The van der Waals surface area contributed by atoms with Crippen LogP contribution >= 0.6 is 0 Å². The summed E-state index contributed by atoms with van der Waals surface area (Å²) in [5.74, 6) is -0.566. The highest BCUT2D eigenvalue weighted by Crippen LogP contribution is 2.37. The van der Waals surface area contributed by atoms with Gasteiger partial charge in [-0.15, -0.1) is 0 Å². The molecular formula is C21H20O5. The third-order valence-corrected chi connectivity index (χ3v) is 4.31. The average Bonchev–Trinajstić information content (AvgIpc) is 2.64. The van der Waals surface area contributed by atoms with Crippen LogP contribution in [0.5, 0.6) is 11.5 Å². The molecule has 5 nitrogen and oxygen atoms in total. The summed E-state index contributed by atoms with van der Waals surface area (Å²) in [5.41, 5.74) is 0.961. The average molecular weight is 352 g/mol. The van der Waals surface area contributed by atoms with Crippen molar-refractivity contribution in [3.63, 3.8) is 0 Å². The number of aromatic hydroxyl groups is 1. The van der Waals surface area contributed by atoms with Gasteiger partial charge in [0.15, 0.2) is 17.1 Å². The maximum Gasteiger partial charge on any atom is 0.235 e. The van der Waals surface area contributed by atoms with Crippen molar-refractivity contribution < 1.29 is 19.1 Å². The summed E-state index contributed by atoms with van der Waals surface area (Å²) < 4.78 is 11.3. The number of benzene rings is 2. The molecule has 134 valence electrons. The van der Waals surface area contributed by atoms with E-state index in [1.54, 1.807) is 51.1 Å². The summed E-state index contributed by atoms with van der Waals surface area (Å²) in [7, 11) is 1.47. The van der Waals surface area contributed by atoms with Gasteiger partial charge in [-0.3, -0.25) is 9.59 Å². The zero-order chi connectivity index (χ0) is 19.0. The fourth-order valence-electron chi connectivity index (χ4n) is 3.00. The van der Waals surface area contributed by atoms with Crippen LogP contribution in [0.15, 0.2) is 45.6 Å². The lowest BCUT2D eigenvalue weighted by molar-refractivity contribution is 0.0937. The number of rotatable bonds is 4. The van der Waals surface area contributed by atoms with Crippen LogP contribution in [0.3, 0.4) is 0 Å². The first-order chi connectivity index (χ1) is 12.4. The van der Waals surface area contributed by atoms with Gasteiger partial charge in [0.25, 0.3) is 0 Å². The van der Waals surface area contributed by atoms with Gasteiger partial charge in [0.2, 0.25) is 11.2 Å². The maximum absolute atomic E-state index is 12.8. The highest BCUT2D eigenvalue weighted by Gasteiger charge is 2.26. The van der Waals surface area contributed by atoms with E-state index in [0.717, 1.165) is 0 Å². The summed E-state index contributed by atoms with van der Waals surface area (Å²) in [5, 5.41) is 10.5. The summed E-state index contributed by atoms with van der Waals surface area (Å²) >= 11 is 0. The monoisotopic (exact) mass is 352 g/mol. The molecule has 0 spiro atoms. The molecule has 0 bridgehead atoms. The molecule has 2 aromatic carbocycles. The molecule has 0 aliphatic carbocycles. The number of ether oxygens (including phenoxy) is 1. The van der Waals surface area contributed by atoms with Crippen LogP contribution in [0.4, 0.5) is 0 Å². The predicted octanol–water partition coefficient (Wildman–Crippen LogP) is 4.32. The standard InChI is InChI=1S/C21H20O5/c1-11(2)16(22)15-19(25-4)12(3)10-14-17(23)18(24)20(26-21(14)15)13-8-6-5-7-9-13/h5-11,24H,1-4H3. The molecule has 26 heavy (non-hydrogen) atoms. The number of methoxy groups -OCH3 is 1. The van der Waals surface area contributed by atoms with Gasteiger partial charge in [0, 0.05) is 11.5 Å². The van der Waals surface area contributed by atoms with E-state index in [0.29, 0.717) is 16.9 Å². The molecule has 3 rings (SSSR count). The molecule has 0 saturated heterocycles. The minimum Gasteiger partial charge on any atom is -0.502 e. The lowest BCUT2D eigenvalue weighted by Gasteiger charge is -2.16. The Balaban J connectivity index is 2.49. The molecule has 1 aromatic heterocycles. The second-order valence-corrected chi connectivity index (χ2v) is 6.47. The molecule has 1 heterocycles. The molecule has 0 saturated carbocycles. The van der Waals surface area contributed by atoms with Gasteiger partial charge in [0.1, 0.15) is 11.3 Å². The van der Waals surface area contributed by atoms with Crippen molar-refractivity contribution in [3.8, 4) is 22.8 Å². The second-order valence-electron chi connectivity index (χ2n) is 6.47. The molecule has 5 heteroatoms. The van der Waals surface area contributed by atoms with Crippen molar-refractivity contribution >= 4 is 16.8 Å². The molecule has 3 aromatic rings. The molecule has 0 amide bonds. The number of carbonyl (C=O) groups excluding carboxylic acids is 1. The number of hydrogen-bond donors (Lipinski definition) is 1. The SMILES string of the molecule is COc1c(C)cc2c(=O)c(O)c(-c3ccccc3)oc2c1C(=O)C(C)C. The Morgan fingerprint density at radius 1 is 1.19 bits per heavy atom. The number of ketones is 1. The Labute approximate surface area is 150 Å². The zero-order valence-electron chi connectivity index (χ0n) is 15.1. The van der Waals surface area contributed by atoms with Crippen molar-refractivity contribution in [1.82, 2.24) is 0 Å². The summed E-state index contributed by atoms with van der Waals surface area (Å²) in [4.78, 5) is 25.6. The first kappa shape index (κ1) is 17.7. The number of aryl methyl sites for hydroxylation is 1. The Morgan fingerprint density at radius 2 is 1.85 bits per heavy atom. The first-order valence-electron chi connectivity index (χ1n) is 8.33. The molecule has 0 aliphatic heterocycles. The van der Waals surface area contributed by atoms with E-state index >= 15 is 0 Å². The fourth-order valence-corrected chi connectivity index (χ4v) is 3.00. The maximum atomic E-state index is 12.8. The number of carbonyl (C=O) groups is 1. The molecular weight excluding hydrogens is 332 g/mol. The fraction of sp³-hybridized carbons (Fsp3) is 0.238. The Kier molecular flexibility index (Phi) is 4.55. The van der Waals surface area contributed by atoms with Crippen LogP contribution in [0.1, 0.15) is 29.8 Å². The molecule has 0 fully saturated rings. The summed E-state index contributed by atoms with van der Waals surface area (Å²) in [6, 6.07) is 10.4. The van der Waals surface area contributed by atoms with Crippen molar-refractivity contribution in [2.75, 3.05) is 7.11 Å². The van der Waals surface area contributed by atoms with Crippen molar-refractivity contribution in [1.29, 1.82) is 0 Å². The molecule has 0 aliphatic rings. The normalized spacial score (nSPS) is 11.1. The predicted molar refractivity (Wildman–Crippen MR) is 100 cm³/mol. The Bertz CT molecular complexity index is 1050. The van der Waals surface area contributed by atoms with E-state index in [2.05, 4.69) is 0 Å². The van der Waals surface area contributed by atoms with Gasteiger partial charge < -0.3 is 14.3 Å². The number of hydrogen-bond acceptors (Lipinski definition) is 5. The molecule has 0 atom stereocenters. The highest BCUT2D eigenvalue weighted by atomic mass is 16.5. The van der Waals surface area contributed by atoms with Crippen LogP contribution in [0.2, 0.25) is 0 Å². The highest BCUT2D eigenvalue weighted by molar-refractivity contribution is 6.10. The lowest BCUT2D eigenvalue weighted by atomic mass is 9.95. The third kappa shape index (κ3) is 2.75. The third-order valence-electron chi connectivity index (χ3n) is 4.31. The largest absolute Gasteiger partial charge is 0.502 e. The van der Waals surface area contributed by atoms with E-state index in [4.69, 9.17) is 9.15 Å². The quantitative estimate of drug-likeness (QED) is 0.708. The van der Waals surface area contributed by atoms with E-state index in [-0.39, 0.29) is 34.0 Å². The topological polar surface area (TPSA) is 76.7 Å². The Morgan fingerprint density at radius 3 is 2.42 bits per heavy atom. The molecule has 0 radical (unpaired) electrons. The van der Waals surface area contributed by atoms with Crippen molar-refractivity contribution in [2.45, 2.75) is 20.8 Å². The first-order valence-corrected chi connectivity index (χ1v) is 8.33. The Hall–Kier alpha value is -3.08. The van der Waals surface area contributed by atoms with E-state index < -0.39 is 11.2 Å². The van der Waals surface area contributed by atoms with Crippen molar-refractivity contribution in [3.05, 3.63) is 57.7 Å².